The zero-order valence-electron chi connectivity index (χ0n) is 14.7. The standard InChI is InChI=1S/C17H24N6OS/c1-12-5-6-13(2)23(12)14-4-3-8-21(10-14)17(24)16-15(7-9-25-16)22-11-18-19-20-22/h7,9,11-14H,3-6,8,10H2,1-2H3. The zero-order valence-corrected chi connectivity index (χ0v) is 15.5. The lowest BCUT2D eigenvalue weighted by atomic mass is 10.0. The van der Waals surface area contributed by atoms with Gasteiger partial charge in [0.2, 0.25) is 0 Å². The molecule has 2 aliphatic rings. The number of carbonyl (C=O) groups excluding carboxylic acids is 1. The maximum Gasteiger partial charge on any atom is 0.266 e. The van der Waals surface area contributed by atoms with Gasteiger partial charge in [-0.25, -0.2) is 0 Å². The number of nitrogens with zero attached hydrogens (tertiary/aromatic N) is 6. The summed E-state index contributed by atoms with van der Waals surface area (Å²) in [6.07, 6.45) is 6.31. The summed E-state index contributed by atoms with van der Waals surface area (Å²) in [5, 5.41) is 13.2. The van der Waals surface area contributed by atoms with Gasteiger partial charge in [0.05, 0.1) is 5.69 Å². The van der Waals surface area contributed by atoms with E-state index in [0.29, 0.717) is 18.1 Å². The predicted molar refractivity (Wildman–Crippen MR) is 96.0 cm³/mol. The van der Waals surface area contributed by atoms with Crippen LogP contribution in [0.1, 0.15) is 49.2 Å². The Morgan fingerprint density at radius 2 is 2.04 bits per heavy atom. The molecule has 8 heteroatoms. The highest BCUT2D eigenvalue weighted by atomic mass is 32.1. The van der Waals surface area contributed by atoms with Gasteiger partial charge < -0.3 is 4.90 Å². The Labute approximate surface area is 151 Å². The van der Waals surface area contributed by atoms with Gasteiger partial charge in [-0.1, -0.05) is 0 Å². The van der Waals surface area contributed by atoms with Crippen molar-refractivity contribution in [1.82, 2.24) is 30.0 Å². The van der Waals surface area contributed by atoms with Crippen molar-refractivity contribution in [3.8, 4) is 5.69 Å². The Morgan fingerprint density at radius 3 is 2.76 bits per heavy atom. The summed E-state index contributed by atoms with van der Waals surface area (Å²) in [7, 11) is 0. The predicted octanol–water partition coefficient (Wildman–Crippen LogP) is 2.20. The number of rotatable bonds is 3. The second-order valence-corrected chi connectivity index (χ2v) is 8.08. The van der Waals surface area contributed by atoms with Gasteiger partial charge in [-0.2, -0.15) is 4.68 Å². The van der Waals surface area contributed by atoms with E-state index in [9.17, 15) is 4.79 Å². The molecule has 3 unspecified atom stereocenters. The number of thiophene rings is 1. The highest BCUT2D eigenvalue weighted by Gasteiger charge is 2.37. The van der Waals surface area contributed by atoms with Gasteiger partial charge in [-0.3, -0.25) is 9.69 Å². The molecule has 2 fully saturated rings. The maximum absolute atomic E-state index is 13.1. The van der Waals surface area contributed by atoms with Gasteiger partial charge in [0.1, 0.15) is 11.2 Å². The van der Waals surface area contributed by atoms with Crippen molar-refractivity contribution in [3.63, 3.8) is 0 Å². The summed E-state index contributed by atoms with van der Waals surface area (Å²) in [4.78, 5) is 18.5. The Hall–Kier alpha value is -1.80. The van der Waals surface area contributed by atoms with Crippen molar-refractivity contribution in [3.05, 3.63) is 22.7 Å². The molecule has 0 spiro atoms. The highest BCUT2D eigenvalue weighted by molar-refractivity contribution is 7.12. The molecule has 25 heavy (non-hydrogen) atoms. The average Bonchev–Trinajstić information content (AvgIpc) is 3.35. The molecule has 134 valence electrons. The molecule has 0 radical (unpaired) electrons. The van der Waals surface area contributed by atoms with Crippen LogP contribution in [0.4, 0.5) is 0 Å². The molecule has 0 aromatic carbocycles. The van der Waals surface area contributed by atoms with E-state index in [2.05, 4.69) is 34.3 Å². The summed E-state index contributed by atoms with van der Waals surface area (Å²) in [5.74, 6) is 0.102. The van der Waals surface area contributed by atoms with Crippen LogP contribution in [0.3, 0.4) is 0 Å². The summed E-state index contributed by atoms with van der Waals surface area (Å²) < 4.78 is 1.57. The van der Waals surface area contributed by atoms with Gasteiger partial charge in [-0.05, 0) is 61.4 Å². The monoisotopic (exact) mass is 360 g/mol. The number of piperidine rings is 1. The Kier molecular flexibility index (Phi) is 4.56. The minimum atomic E-state index is 0.102. The third-order valence-electron chi connectivity index (χ3n) is 5.56. The van der Waals surface area contributed by atoms with Crippen molar-refractivity contribution < 1.29 is 4.79 Å². The summed E-state index contributed by atoms with van der Waals surface area (Å²) in [6, 6.07) is 3.61. The number of hydrogen-bond acceptors (Lipinski definition) is 6. The van der Waals surface area contributed by atoms with Crippen LogP contribution in [-0.2, 0) is 0 Å². The Morgan fingerprint density at radius 1 is 1.24 bits per heavy atom. The molecule has 0 aliphatic carbocycles. The molecule has 2 aliphatic heterocycles. The van der Waals surface area contributed by atoms with Crippen molar-refractivity contribution >= 4 is 17.2 Å². The van der Waals surface area contributed by atoms with Gasteiger partial charge in [0.15, 0.2) is 0 Å². The van der Waals surface area contributed by atoms with E-state index in [-0.39, 0.29) is 5.91 Å². The van der Waals surface area contributed by atoms with E-state index in [1.165, 1.54) is 36.9 Å². The third-order valence-corrected chi connectivity index (χ3v) is 6.45. The second kappa shape index (κ2) is 6.84. The Bertz CT molecular complexity index is 719. The van der Waals surface area contributed by atoms with E-state index in [0.717, 1.165) is 30.1 Å². The first kappa shape index (κ1) is 16.7. The first-order valence-electron chi connectivity index (χ1n) is 9.02. The quantitative estimate of drug-likeness (QED) is 0.839. The van der Waals surface area contributed by atoms with E-state index in [4.69, 9.17) is 0 Å². The normalized spacial score (nSPS) is 27.8. The van der Waals surface area contributed by atoms with Crippen LogP contribution in [-0.4, -0.2) is 67.1 Å². The van der Waals surface area contributed by atoms with Crippen LogP contribution in [0.25, 0.3) is 5.69 Å². The fourth-order valence-electron chi connectivity index (χ4n) is 4.38. The van der Waals surface area contributed by atoms with Gasteiger partial charge >= 0.3 is 0 Å². The number of hydrogen-bond donors (Lipinski definition) is 0. The lowest BCUT2D eigenvalue weighted by molar-refractivity contribution is 0.0490. The molecule has 2 aromatic heterocycles. The van der Waals surface area contributed by atoms with Crippen LogP contribution in [0.2, 0.25) is 0 Å². The summed E-state index contributed by atoms with van der Waals surface area (Å²) >= 11 is 1.46. The topological polar surface area (TPSA) is 67.2 Å². The van der Waals surface area contributed by atoms with Crippen LogP contribution in [0.15, 0.2) is 17.8 Å². The van der Waals surface area contributed by atoms with E-state index in [1.54, 1.807) is 4.68 Å². The number of likely N-dealkylation sites (tertiary alicyclic amines) is 2. The molecule has 0 bridgehead atoms. The largest absolute Gasteiger partial charge is 0.336 e. The molecule has 3 atom stereocenters. The summed E-state index contributed by atoms with van der Waals surface area (Å²) in [5.41, 5.74) is 0.769. The van der Waals surface area contributed by atoms with Crippen molar-refractivity contribution in [1.29, 1.82) is 0 Å². The molecule has 0 N–H and O–H groups in total. The number of tetrazole rings is 1. The zero-order chi connectivity index (χ0) is 17.4. The third kappa shape index (κ3) is 3.08. The van der Waals surface area contributed by atoms with E-state index >= 15 is 0 Å². The van der Waals surface area contributed by atoms with Gasteiger partial charge in [-0.15, -0.1) is 16.4 Å². The number of aromatic nitrogens is 4. The SMILES string of the molecule is CC1CCC(C)N1C1CCCN(C(=O)c2sccc2-n2cnnn2)C1. The molecule has 1 amide bonds. The van der Waals surface area contributed by atoms with Crippen LogP contribution < -0.4 is 0 Å². The minimum Gasteiger partial charge on any atom is -0.336 e. The lowest BCUT2D eigenvalue weighted by Gasteiger charge is -2.41. The van der Waals surface area contributed by atoms with Gasteiger partial charge in [0, 0.05) is 31.2 Å². The molecule has 7 nitrogen and oxygen atoms in total. The van der Waals surface area contributed by atoms with Crippen molar-refractivity contribution in [2.24, 2.45) is 0 Å². The molecular weight excluding hydrogens is 336 g/mol. The van der Waals surface area contributed by atoms with E-state index in [1.807, 2.05) is 16.3 Å². The molecule has 2 aromatic rings. The fourth-order valence-corrected chi connectivity index (χ4v) is 5.22. The average molecular weight is 360 g/mol. The lowest BCUT2D eigenvalue weighted by Crippen LogP contribution is -2.52. The first-order chi connectivity index (χ1) is 12.1. The smallest absolute Gasteiger partial charge is 0.266 e. The fraction of sp³-hybridized carbons (Fsp3) is 0.647. The number of carbonyl (C=O) groups is 1. The van der Waals surface area contributed by atoms with Crippen molar-refractivity contribution in [2.45, 2.75) is 57.7 Å². The van der Waals surface area contributed by atoms with Crippen molar-refractivity contribution in [2.75, 3.05) is 13.1 Å². The number of amides is 1. The molecular formula is C17H24N6OS. The molecule has 4 rings (SSSR count). The highest BCUT2D eigenvalue weighted by Crippen LogP contribution is 2.31. The van der Waals surface area contributed by atoms with Crippen LogP contribution in [0, 0.1) is 0 Å². The Balaban J connectivity index is 1.52. The molecule has 0 saturated carbocycles. The second-order valence-electron chi connectivity index (χ2n) is 7.16. The maximum atomic E-state index is 13.1. The van der Waals surface area contributed by atoms with Crippen LogP contribution in [0.5, 0.6) is 0 Å². The van der Waals surface area contributed by atoms with Crippen LogP contribution >= 0.6 is 11.3 Å². The molecule has 2 saturated heterocycles. The van der Waals surface area contributed by atoms with Gasteiger partial charge in [0.25, 0.3) is 5.91 Å². The molecule has 4 heterocycles. The minimum absolute atomic E-state index is 0.102. The van der Waals surface area contributed by atoms with E-state index < -0.39 is 0 Å². The first-order valence-corrected chi connectivity index (χ1v) is 9.90. The summed E-state index contributed by atoms with van der Waals surface area (Å²) in [6.45, 7) is 6.29.